The van der Waals surface area contributed by atoms with Crippen molar-refractivity contribution in [3.8, 4) is 11.1 Å². The lowest BCUT2D eigenvalue weighted by atomic mass is 9.96. The fourth-order valence-electron chi connectivity index (χ4n) is 3.14. The Morgan fingerprint density at radius 2 is 1.80 bits per heavy atom. The van der Waals surface area contributed by atoms with Gasteiger partial charge in [-0.05, 0) is 24.8 Å². The van der Waals surface area contributed by atoms with Crippen LogP contribution in [0.4, 0.5) is 5.95 Å². The van der Waals surface area contributed by atoms with Gasteiger partial charge in [-0.3, -0.25) is 0 Å². The third kappa shape index (κ3) is 2.16. The number of rotatable bonds is 3. The lowest BCUT2D eigenvalue weighted by Gasteiger charge is -2.19. The van der Waals surface area contributed by atoms with Crippen LogP contribution < -0.4 is 5.32 Å². The van der Waals surface area contributed by atoms with E-state index < -0.39 is 0 Å². The Labute approximate surface area is 118 Å². The van der Waals surface area contributed by atoms with Crippen molar-refractivity contribution in [3.63, 3.8) is 0 Å². The molecule has 3 heterocycles. The van der Waals surface area contributed by atoms with Crippen molar-refractivity contribution in [2.75, 3.05) is 5.32 Å². The second-order valence-electron chi connectivity index (χ2n) is 5.52. The topological polar surface area (TPSA) is 47.0 Å². The maximum atomic E-state index is 5.83. The van der Waals surface area contributed by atoms with Crippen molar-refractivity contribution in [1.29, 1.82) is 0 Å². The number of anilines is 1. The van der Waals surface area contributed by atoms with Crippen molar-refractivity contribution in [1.82, 2.24) is 9.97 Å². The van der Waals surface area contributed by atoms with Crippen LogP contribution in [-0.2, 0) is 4.74 Å². The molecule has 2 aliphatic heterocycles. The van der Waals surface area contributed by atoms with Gasteiger partial charge < -0.3 is 10.1 Å². The van der Waals surface area contributed by atoms with Crippen LogP contribution in [0.5, 0.6) is 0 Å². The van der Waals surface area contributed by atoms with E-state index >= 15 is 0 Å². The second-order valence-corrected chi connectivity index (χ2v) is 5.52. The number of aromatic nitrogens is 2. The molecule has 20 heavy (non-hydrogen) atoms. The van der Waals surface area contributed by atoms with E-state index in [-0.39, 0.29) is 0 Å². The van der Waals surface area contributed by atoms with Gasteiger partial charge in [0, 0.05) is 18.0 Å². The summed E-state index contributed by atoms with van der Waals surface area (Å²) in [5.41, 5.74) is 2.18. The first-order valence-electron chi connectivity index (χ1n) is 7.18. The van der Waals surface area contributed by atoms with Crippen LogP contribution in [0.2, 0.25) is 0 Å². The van der Waals surface area contributed by atoms with E-state index in [1.807, 2.05) is 30.6 Å². The fourth-order valence-corrected chi connectivity index (χ4v) is 3.14. The van der Waals surface area contributed by atoms with Gasteiger partial charge in [-0.1, -0.05) is 30.3 Å². The van der Waals surface area contributed by atoms with Crippen LogP contribution in [-0.4, -0.2) is 28.2 Å². The highest BCUT2D eigenvalue weighted by atomic mass is 16.5. The molecule has 4 rings (SSSR count). The molecule has 2 fully saturated rings. The van der Waals surface area contributed by atoms with Gasteiger partial charge in [0.15, 0.2) is 0 Å². The van der Waals surface area contributed by atoms with Crippen molar-refractivity contribution in [2.45, 2.75) is 37.5 Å². The van der Waals surface area contributed by atoms with Gasteiger partial charge in [0.05, 0.1) is 18.2 Å². The quantitative estimate of drug-likeness (QED) is 0.929. The summed E-state index contributed by atoms with van der Waals surface area (Å²) in [6.07, 6.45) is 7.98. The number of nitrogens with zero attached hydrogens (tertiary/aromatic N) is 2. The molecule has 0 saturated carbocycles. The largest absolute Gasteiger partial charge is 0.373 e. The minimum Gasteiger partial charge on any atom is -0.373 e. The van der Waals surface area contributed by atoms with Crippen molar-refractivity contribution in [3.05, 3.63) is 42.7 Å². The first kappa shape index (κ1) is 11.9. The second kappa shape index (κ2) is 4.87. The highest BCUT2D eigenvalue weighted by Gasteiger charge is 2.40. The van der Waals surface area contributed by atoms with Gasteiger partial charge >= 0.3 is 0 Å². The molecular formula is C16H17N3O. The molecule has 1 aromatic heterocycles. The van der Waals surface area contributed by atoms with Crippen LogP contribution in [0.3, 0.4) is 0 Å². The van der Waals surface area contributed by atoms with Crippen molar-refractivity contribution in [2.24, 2.45) is 0 Å². The van der Waals surface area contributed by atoms with E-state index in [4.69, 9.17) is 4.74 Å². The van der Waals surface area contributed by atoms with E-state index in [2.05, 4.69) is 27.4 Å². The van der Waals surface area contributed by atoms with E-state index in [0.717, 1.165) is 24.0 Å². The molecule has 0 radical (unpaired) electrons. The number of ether oxygens (including phenoxy) is 1. The molecule has 0 amide bonds. The molecule has 4 heteroatoms. The first-order valence-corrected chi connectivity index (χ1v) is 7.18. The number of hydrogen-bond donors (Lipinski definition) is 1. The maximum Gasteiger partial charge on any atom is 0.222 e. The number of benzene rings is 1. The molecule has 4 nitrogen and oxygen atoms in total. The minimum absolute atomic E-state index is 0.345. The van der Waals surface area contributed by atoms with Gasteiger partial charge in [0.2, 0.25) is 5.95 Å². The molecule has 1 N–H and O–H groups in total. The Hall–Kier alpha value is -1.94. The number of hydrogen-bond acceptors (Lipinski definition) is 4. The van der Waals surface area contributed by atoms with E-state index in [9.17, 15) is 0 Å². The zero-order chi connectivity index (χ0) is 13.4. The Morgan fingerprint density at radius 3 is 2.45 bits per heavy atom. The summed E-state index contributed by atoms with van der Waals surface area (Å²) >= 11 is 0. The van der Waals surface area contributed by atoms with Crippen LogP contribution >= 0.6 is 0 Å². The summed E-state index contributed by atoms with van der Waals surface area (Å²) < 4.78 is 5.83. The SMILES string of the molecule is c1ccc(-c2cnc(N[C@H]3C[C@@H]4CC[C@H]3O4)nc2)cc1. The van der Waals surface area contributed by atoms with Crippen LogP contribution in [0, 0.1) is 0 Å². The normalized spacial score (nSPS) is 27.7. The molecular weight excluding hydrogens is 250 g/mol. The predicted octanol–water partition coefficient (Wildman–Crippen LogP) is 2.88. The average molecular weight is 267 g/mol. The monoisotopic (exact) mass is 267 g/mol. The van der Waals surface area contributed by atoms with Crippen LogP contribution in [0.25, 0.3) is 11.1 Å². The Bertz CT molecular complexity index is 584. The predicted molar refractivity (Wildman–Crippen MR) is 77.4 cm³/mol. The molecule has 2 aromatic rings. The number of fused-ring (bicyclic) bond motifs is 2. The highest BCUT2D eigenvalue weighted by molar-refractivity contribution is 5.61. The molecule has 1 aromatic carbocycles. The summed E-state index contributed by atoms with van der Waals surface area (Å²) in [6, 6.07) is 10.6. The van der Waals surface area contributed by atoms with Gasteiger partial charge in [-0.2, -0.15) is 0 Å². The Kier molecular flexibility index (Phi) is 2.89. The average Bonchev–Trinajstić information content (AvgIpc) is 3.12. The lowest BCUT2D eigenvalue weighted by Crippen LogP contribution is -2.31. The molecule has 0 aliphatic carbocycles. The summed E-state index contributed by atoms with van der Waals surface area (Å²) in [5, 5.41) is 3.40. The van der Waals surface area contributed by atoms with Gasteiger partial charge in [-0.25, -0.2) is 9.97 Å². The summed E-state index contributed by atoms with van der Waals surface area (Å²) in [6.45, 7) is 0. The first-order chi connectivity index (χ1) is 9.88. The molecule has 102 valence electrons. The summed E-state index contributed by atoms with van der Waals surface area (Å²) in [4.78, 5) is 8.85. The molecule has 0 spiro atoms. The smallest absolute Gasteiger partial charge is 0.222 e. The van der Waals surface area contributed by atoms with Gasteiger partial charge in [-0.15, -0.1) is 0 Å². The van der Waals surface area contributed by atoms with Crippen LogP contribution in [0.1, 0.15) is 19.3 Å². The summed E-state index contributed by atoms with van der Waals surface area (Å²) in [5.74, 6) is 0.700. The molecule has 2 aliphatic rings. The minimum atomic E-state index is 0.345. The van der Waals surface area contributed by atoms with Crippen LogP contribution in [0.15, 0.2) is 42.7 Å². The van der Waals surface area contributed by atoms with E-state index in [0.29, 0.717) is 24.2 Å². The lowest BCUT2D eigenvalue weighted by molar-refractivity contribution is 0.102. The third-order valence-electron chi connectivity index (χ3n) is 4.18. The number of nitrogens with one attached hydrogen (secondary N) is 1. The standard InChI is InChI=1S/C16H17N3O/c1-2-4-11(5-3-1)12-9-17-16(18-10-12)19-14-8-13-6-7-15(14)20-13/h1-5,9-10,13-15H,6-8H2,(H,17,18,19)/t13-,14-,15+/m0/s1. The molecule has 2 saturated heterocycles. The molecule has 0 unspecified atom stereocenters. The molecule has 2 bridgehead atoms. The summed E-state index contributed by atoms with van der Waals surface area (Å²) in [7, 11) is 0. The van der Waals surface area contributed by atoms with E-state index in [1.165, 1.54) is 6.42 Å². The maximum absolute atomic E-state index is 5.83. The van der Waals surface area contributed by atoms with Crippen molar-refractivity contribution >= 4 is 5.95 Å². The Balaban J connectivity index is 1.48. The van der Waals surface area contributed by atoms with Gasteiger partial charge in [0.1, 0.15) is 0 Å². The van der Waals surface area contributed by atoms with Gasteiger partial charge in [0.25, 0.3) is 0 Å². The zero-order valence-electron chi connectivity index (χ0n) is 11.2. The third-order valence-corrected chi connectivity index (χ3v) is 4.18. The zero-order valence-corrected chi connectivity index (χ0v) is 11.2. The highest BCUT2D eigenvalue weighted by Crippen LogP contribution is 2.35. The Morgan fingerprint density at radius 1 is 1.00 bits per heavy atom. The van der Waals surface area contributed by atoms with E-state index in [1.54, 1.807) is 0 Å². The van der Waals surface area contributed by atoms with Crippen molar-refractivity contribution < 1.29 is 4.74 Å². The molecule has 3 atom stereocenters. The fraction of sp³-hybridized carbons (Fsp3) is 0.375.